The number of nitrogens with one attached hydrogen (secondary N) is 1. The largest absolute Gasteiger partial charge is 0.483 e. The summed E-state index contributed by atoms with van der Waals surface area (Å²) in [4.78, 5) is 19.3. The van der Waals surface area contributed by atoms with Gasteiger partial charge in [0.1, 0.15) is 0 Å². The maximum Gasteiger partial charge on any atom is 0.290 e. The summed E-state index contributed by atoms with van der Waals surface area (Å²) < 4.78 is 5.23. The molecule has 1 aliphatic heterocycles. The van der Waals surface area contributed by atoms with Crippen LogP contribution in [-0.2, 0) is 17.8 Å². The maximum absolute atomic E-state index is 8.36. The Labute approximate surface area is 147 Å². The molecule has 0 spiro atoms. The van der Waals surface area contributed by atoms with Gasteiger partial charge in [0.2, 0.25) is 0 Å². The van der Waals surface area contributed by atoms with Crippen LogP contribution in [-0.4, -0.2) is 52.7 Å². The first kappa shape index (κ1) is 18.7. The molecule has 3 rings (SSSR count). The summed E-state index contributed by atoms with van der Waals surface area (Å²) in [7, 11) is 1.61. The van der Waals surface area contributed by atoms with Gasteiger partial charge in [-0.25, -0.2) is 9.97 Å². The van der Waals surface area contributed by atoms with Gasteiger partial charge in [-0.15, -0.1) is 0 Å². The van der Waals surface area contributed by atoms with E-state index < -0.39 is 0 Å². The summed E-state index contributed by atoms with van der Waals surface area (Å²) >= 11 is 0. The van der Waals surface area contributed by atoms with Crippen LogP contribution >= 0.6 is 0 Å². The van der Waals surface area contributed by atoms with E-state index in [1.165, 1.54) is 11.1 Å². The van der Waals surface area contributed by atoms with E-state index in [9.17, 15) is 0 Å². The second kappa shape index (κ2) is 9.58. The minimum Gasteiger partial charge on any atom is -0.483 e. The van der Waals surface area contributed by atoms with Gasteiger partial charge in [-0.1, -0.05) is 24.3 Å². The number of methoxy groups -OCH3 is 1. The van der Waals surface area contributed by atoms with Gasteiger partial charge in [0.05, 0.1) is 7.11 Å². The average molecular weight is 344 g/mol. The van der Waals surface area contributed by atoms with Crippen LogP contribution in [0, 0.1) is 0 Å². The lowest BCUT2D eigenvalue weighted by Crippen LogP contribution is -2.38. The molecule has 1 aliphatic rings. The number of rotatable bonds is 5. The van der Waals surface area contributed by atoms with Crippen LogP contribution in [0.5, 0.6) is 5.88 Å². The Morgan fingerprint density at radius 3 is 2.72 bits per heavy atom. The summed E-state index contributed by atoms with van der Waals surface area (Å²) in [6, 6.07) is 8.98. The number of fused-ring (bicyclic) bond motifs is 1. The standard InChI is InChI=1S/C17H22N4O.CH2O2/c1-13(20-16-17(22-2)19-9-8-18-16)11-21-10-7-14-5-3-4-6-15(14)12-21;2-1-3/h3-6,8-9,13H,7,10-12H2,1-2H3,(H,18,20);1H,(H,2,3). The number of aromatic nitrogens is 2. The van der Waals surface area contributed by atoms with Crippen molar-refractivity contribution >= 4 is 12.3 Å². The van der Waals surface area contributed by atoms with Crippen molar-refractivity contribution in [2.24, 2.45) is 0 Å². The van der Waals surface area contributed by atoms with Crippen LogP contribution in [0.4, 0.5) is 5.82 Å². The first-order chi connectivity index (χ1) is 12.2. The minimum atomic E-state index is -0.250. The summed E-state index contributed by atoms with van der Waals surface area (Å²) in [5.74, 6) is 1.24. The Morgan fingerprint density at radius 2 is 2.00 bits per heavy atom. The number of hydrogen-bond acceptors (Lipinski definition) is 6. The summed E-state index contributed by atoms with van der Waals surface area (Å²) in [6.07, 6.45) is 4.43. The van der Waals surface area contributed by atoms with E-state index in [4.69, 9.17) is 14.6 Å². The first-order valence-electron chi connectivity index (χ1n) is 8.16. The van der Waals surface area contributed by atoms with E-state index in [0.29, 0.717) is 11.7 Å². The SMILES string of the molecule is COc1nccnc1NC(C)CN1CCc2ccccc2C1.O=CO. The zero-order chi connectivity index (χ0) is 18.1. The molecule has 0 radical (unpaired) electrons. The summed E-state index contributed by atoms with van der Waals surface area (Å²) in [5, 5.41) is 10.3. The summed E-state index contributed by atoms with van der Waals surface area (Å²) in [6.45, 7) is 4.99. The molecular formula is C18H24N4O3. The fourth-order valence-corrected chi connectivity index (χ4v) is 2.95. The minimum absolute atomic E-state index is 0.250. The maximum atomic E-state index is 8.36. The molecule has 7 nitrogen and oxygen atoms in total. The number of nitrogens with zero attached hydrogens (tertiary/aromatic N) is 3. The van der Waals surface area contributed by atoms with Crippen LogP contribution in [0.15, 0.2) is 36.7 Å². The number of benzene rings is 1. The molecule has 2 N–H and O–H groups in total. The van der Waals surface area contributed by atoms with Crippen molar-refractivity contribution in [1.82, 2.24) is 14.9 Å². The molecule has 1 aromatic carbocycles. The average Bonchev–Trinajstić information content (AvgIpc) is 2.62. The Hall–Kier alpha value is -2.67. The quantitative estimate of drug-likeness (QED) is 0.803. The van der Waals surface area contributed by atoms with Gasteiger partial charge in [0, 0.05) is 38.1 Å². The normalized spacial score (nSPS) is 14.5. The molecule has 1 aromatic heterocycles. The molecule has 2 aromatic rings. The van der Waals surface area contributed by atoms with Crippen LogP contribution in [0.3, 0.4) is 0 Å². The highest BCUT2D eigenvalue weighted by atomic mass is 16.5. The number of carbonyl (C=O) groups is 1. The zero-order valence-corrected chi connectivity index (χ0v) is 14.6. The third kappa shape index (κ3) is 5.42. The van der Waals surface area contributed by atoms with E-state index in [2.05, 4.69) is 51.4 Å². The van der Waals surface area contributed by atoms with Gasteiger partial charge in [0.15, 0.2) is 5.82 Å². The van der Waals surface area contributed by atoms with Crippen molar-refractivity contribution in [3.8, 4) is 5.88 Å². The smallest absolute Gasteiger partial charge is 0.290 e. The molecule has 1 atom stereocenters. The van der Waals surface area contributed by atoms with Gasteiger partial charge in [0.25, 0.3) is 12.4 Å². The molecule has 25 heavy (non-hydrogen) atoms. The second-order valence-electron chi connectivity index (χ2n) is 5.82. The van der Waals surface area contributed by atoms with Gasteiger partial charge < -0.3 is 15.2 Å². The molecule has 7 heteroatoms. The molecule has 1 unspecified atom stereocenters. The molecule has 0 saturated carbocycles. The zero-order valence-electron chi connectivity index (χ0n) is 14.6. The molecular weight excluding hydrogens is 320 g/mol. The lowest BCUT2D eigenvalue weighted by molar-refractivity contribution is -0.122. The van der Waals surface area contributed by atoms with E-state index >= 15 is 0 Å². The lowest BCUT2D eigenvalue weighted by Gasteiger charge is -2.31. The number of hydrogen-bond donors (Lipinski definition) is 2. The van der Waals surface area contributed by atoms with Crippen molar-refractivity contribution in [3.05, 3.63) is 47.8 Å². The molecule has 0 amide bonds. The highest BCUT2D eigenvalue weighted by Gasteiger charge is 2.18. The Morgan fingerprint density at radius 1 is 1.32 bits per heavy atom. The van der Waals surface area contributed by atoms with Crippen molar-refractivity contribution in [2.45, 2.75) is 25.9 Å². The van der Waals surface area contributed by atoms with Crippen molar-refractivity contribution < 1.29 is 14.6 Å². The predicted octanol–water partition coefficient (Wildman–Crippen LogP) is 2.04. The molecule has 134 valence electrons. The van der Waals surface area contributed by atoms with E-state index in [1.54, 1.807) is 19.5 Å². The van der Waals surface area contributed by atoms with Crippen molar-refractivity contribution in [2.75, 3.05) is 25.5 Å². The molecule has 0 fully saturated rings. The van der Waals surface area contributed by atoms with E-state index in [-0.39, 0.29) is 12.5 Å². The van der Waals surface area contributed by atoms with Crippen LogP contribution < -0.4 is 10.1 Å². The number of carboxylic acid groups (broad SMARTS) is 1. The second-order valence-corrected chi connectivity index (χ2v) is 5.82. The lowest BCUT2D eigenvalue weighted by atomic mass is 10.00. The first-order valence-corrected chi connectivity index (χ1v) is 8.16. The highest BCUT2D eigenvalue weighted by molar-refractivity contribution is 5.45. The molecule has 0 aliphatic carbocycles. The highest BCUT2D eigenvalue weighted by Crippen LogP contribution is 2.20. The molecule has 2 heterocycles. The third-order valence-electron chi connectivity index (χ3n) is 3.98. The van der Waals surface area contributed by atoms with Gasteiger partial charge in [-0.3, -0.25) is 9.69 Å². The van der Waals surface area contributed by atoms with Crippen molar-refractivity contribution in [3.63, 3.8) is 0 Å². The van der Waals surface area contributed by atoms with Crippen LogP contribution in [0.1, 0.15) is 18.1 Å². The molecule has 0 saturated heterocycles. The van der Waals surface area contributed by atoms with Crippen molar-refractivity contribution in [1.29, 1.82) is 0 Å². The Kier molecular flexibility index (Phi) is 7.16. The van der Waals surface area contributed by atoms with Crippen LogP contribution in [0.25, 0.3) is 0 Å². The van der Waals surface area contributed by atoms with E-state index in [1.807, 2.05) is 0 Å². The van der Waals surface area contributed by atoms with Gasteiger partial charge >= 0.3 is 0 Å². The predicted molar refractivity (Wildman–Crippen MR) is 95.8 cm³/mol. The Balaban J connectivity index is 0.000000701. The van der Waals surface area contributed by atoms with Crippen LogP contribution in [0.2, 0.25) is 0 Å². The Bertz CT molecular complexity index is 681. The summed E-state index contributed by atoms with van der Waals surface area (Å²) in [5.41, 5.74) is 2.92. The van der Waals surface area contributed by atoms with Gasteiger partial charge in [-0.05, 0) is 24.5 Å². The number of anilines is 1. The fraction of sp³-hybridized carbons (Fsp3) is 0.389. The van der Waals surface area contributed by atoms with Gasteiger partial charge in [-0.2, -0.15) is 0 Å². The fourth-order valence-electron chi connectivity index (χ4n) is 2.95. The third-order valence-corrected chi connectivity index (χ3v) is 3.98. The topological polar surface area (TPSA) is 87.6 Å². The number of ether oxygens (including phenoxy) is 1. The van der Waals surface area contributed by atoms with E-state index in [0.717, 1.165) is 26.1 Å². The monoisotopic (exact) mass is 344 g/mol. The molecule has 0 bridgehead atoms.